The van der Waals surface area contributed by atoms with Crippen LogP contribution in [0, 0.1) is 5.92 Å². The van der Waals surface area contributed by atoms with Crippen LogP contribution in [0.15, 0.2) is 18.2 Å². The van der Waals surface area contributed by atoms with Gasteiger partial charge in [0, 0.05) is 47.1 Å². The van der Waals surface area contributed by atoms with E-state index in [-0.39, 0.29) is 5.91 Å². The summed E-state index contributed by atoms with van der Waals surface area (Å²) >= 11 is 6.20. The summed E-state index contributed by atoms with van der Waals surface area (Å²) < 4.78 is 11.4. The molecule has 2 rings (SSSR count). The topological polar surface area (TPSA) is 49.4 Å². The standard InChI is InChI=1S/C16H23ClN2O2S/c1-11(2)12(3)18-13-4-5-15(17)14(10-13)16(20)19-6-8-22(21)9-7-19/h4-5,10-12,18H,6-9H2,1-3H3/t12-/m0/s1. The Hall–Kier alpha value is -1.07. The minimum atomic E-state index is -0.796. The average molecular weight is 343 g/mol. The number of halogens is 1. The van der Waals surface area contributed by atoms with Crippen LogP contribution >= 0.6 is 11.6 Å². The van der Waals surface area contributed by atoms with Gasteiger partial charge >= 0.3 is 0 Å². The van der Waals surface area contributed by atoms with E-state index in [1.165, 1.54) is 0 Å². The van der Waals surface area contributed by atoms with Crippen molar-refractivity contribution in [3.8, 4) is 0 Å². The Labute approximate surface area is 139 Å². The van der Waals surface area contributed by atoms with E-state index in [0.29, 0.717) is 47.1 Å². The first-order chi connectivity index (χ1) is 10.4. The zero-order chi connectivity index (χ0) is 16.3. The van der Waals surface area contributed by atoms with Crippen molar-refractivity contribution in [1.82, 2.24) is 4.90 Å². The summed E-state index contributed by atoms with van der Waals surface area (Å²) in [5, 5.41) is 3.85. The highest BCUT2D eigenvalue weighted by molar-refractivity contribution is 7.85. The van der Waals surface area contributed by atoms with Crippen LogP contribution in [0.4, 0.5) is 5.69 Å². The minimum Gasteiger partial charge on any atom is -0.382 e. The number of carbonyl (C=O) groups excluding carboxylic acids is 1. The fourth-order valence-electron chi connectivity index (χ4n) is 2.22. The molecule has 0 radical (unpaired) electrons. The number of nitrogens with zero attached hydrogens (tertiary/aromatic N) is 1. The number of amides is 1. The van der Waals surface area contributed by atoms with Gasteiger partial charge in [0.25, 0.3) is 5.91 Å². The van der Waals surface area contributed by atoms with Gasteiger partial charge < -0.3 is 10.2 Å². The second-order valence-electron chi connectivity index (χ2n) is 6.01. The number of nitrogens with one attached hydrogen (secondary N) is 1. The summed E-state index contributed by atoms with van der Waals surface area (Å²) in [6, 6.07) is 5.77. The van der Waals surface area contributed by atoms with E-state index in [1.54, 1.807) is 11.0 Å². The Morgan fingerprint density at radius 2 is 1.91 bits per heavy atom. The Morgan fingerprint density at radius 3 is 2.50 bits per heavy atom. The van der Waals surface area contributed by atoms with Crippen LogP contribution in [0.1, 0.15) is 31.1 Å². The van der Waals surface area contributed by atoms with Gasteiger partial charge in [-0.25, -0.2) is 0 Å². The minimum absolute atomic E-state index is 0.0810. The highest BCUT2D eigenvalue weighted by atomic mass is 35.5. The van der Waals surface area contributed by atoms with Crippen molar-refractivity contribution >= 4 is 34.0 Å². The number of hydrogen-bond acceptors (Lipinski definition) is 3. The van der Waals surface area contributed by atoms with Crippen molar-refractivity contribution in [3.63, 3.8) is 0 Å². The first-order valence-electron chi connectivity index (χ1n) is 7.59. The highest BCUT2D eigenvalue weighted by Crippen LogP contribution is 2.24. The Balaban J connectivity index is 2.15. The third-order valence-electron chi connectivity index (χ3n) is 4.06. The molecular weight excluding hydrogens is 320 g/mol. The van der Waals surface area contributed by atoms with E-state index in [1.807, 2.05) is 12.1 Å². The number of carbonyl (C=O) groups is 1. The van der Waals surface area contributed by atoms with E-state index in [9.17, 15) is 9.00 Å². The summed E-state index contributed by atoms with van der Waals surface area (Å²) in [6.45, 7) is 7.46. The maximum atomic E-state index is 12.6. The fraction of sp³-hybridized carbons (Fsp3) is 0.562. The molecule has 1 amide bonds. The molecule has 122 valence electrons. The predicted molar refractivity (Wildman–Crippen MR) is 93.2 cm³/mol. The van der Waals surface area contributed by atoms with E-state index in [4.69, 9.17) is 11.6 Å². The van der Waals surface area contributed by atoms with Crippen molar-refractivity contribution in [2.24, 2.45) is 5.92 Å². The molecule has 1 aromatic carbocycles. The Morgan fingerprint density at radius 1 is 1.27 bits per heavy atom. The quantitative estimate of drug-likeness (QED) is 0.915. The number of benzene rings is 1. The summed E-state index contributed by atoms with van der Waals surface area (Å²) in [6.07, 6.45) is 0. The van der Waals surface area contributed by atoms with Crippen LogP contribution in [0.25, 0.3) is 0 Å². The van der Waals surface area contributed by atoms with Gasteiger partial charge in [-0.2, -0.15) is 0 Å². The molecule has 1 fully saturated rings. The highest BCUT2D eigenvalue weighted by Gasteiger charge is 2.23. The van der Waals surface area contributed by atoms with Crippen molar-refractivity contribution in [1.29, 1.82) is 0 Å². The second-order valence-corrected chi connectivity index (χ2v) is 8.12. The van der Waals surface area contributed by atoms with E-state index < -0.39 is 10.8 Å². The van der Waals surface area contributed by atoms with Gasteiger partial charge in [0.1, 0.15) is 0 Å². The van der Waals surface area contributed by atoms with Crippen LogP contribution in [0.3, 0.4) is 0 Å². The zero-order valence-corrected chi connectivity index (χ0v) is 14.8. The van der Waals surface area contributed by atoms with Crippen molar-refractivity contribution in [3.05, 3.63) is 28.8 Å². The van der Waals surface area contributed by atoms with Gasteiger partial charge in [-0.15, -0.1) is 0 Å². The lowest BCUT2D eigenvalue weighted by atomic mass is 10.1. The lowest BCUT2D eigenvalue weighted by Crippen LogP contribution is -2.41. The van der Waals surface area contributed by atoms with Crippen molar-refractivity contribution in [2.75, 3.05) is 29.9 Å². The molecule has 1 aliphatic heterocycles. The molecule has 22 heavy (non-hydrogen) atoms. The second kappa shape index (κ2) is 7.47. The lowest BCUT2D eigenvalue weighted by Gasteiger charge is -2.27. The van der Waals surface area contributed by atoms with E-state index in [0.717, 1.165) is 5.69 Å². The van der Waals surface area contributed by atoms with Gasteiger partial charge in [-0.3, -0.25) is 9.00 Å². The molecular formula is C16H23ClN2O2S. The van der Waals surface area contributed by atoms with E-state index in [2.05, 4.69) is 26.1 Å². The van der Waals surface area contributed by atoms with Crippen LogP contribution in [-0.4, -0.2) is 45.7 Å². The lowest BCUT2D eigenvalue weighted by molar-refractivity contribution is 0.0771. The Bertz CT molecular complexity index is 567. The third kappa shape index (κ3) is 4.23. The molecule has 0 unspecified atom stereocenters. The monoisotopic (exact) mass is 342 g/mol. The fourth-order valence-corrected chi connectivity index (χ4v) is 3.47. The number of hydrogen-bond donors (Lipinski definition) is 1. The molecule has 0 aromatic heterocycles. The normalized spacial score (nSPS) is 17.6. The number of rotatable bonds is 4. The van der Waals surface area contributed by atoms with Crippen molar-refractivity contribution in [2.45, 2.75) is 26.8 Å². The largest absolute Gasteiger partial charge is 0.382 e. The Kier molecular flexibility index (Phi) is 5.87. The molecule has 1 N–H and O–H groups in total. The molecule has 0 aliphatic carbocycles. The van der Waals surface area contributed by atoms with Gasteiger partial charge in [0.15, 0.2) is 0 Å². The molecule has 6 heteroatoms. The maximum absolute atomic E-state index is 12.6. The van der Waals surface area contributed by atoms with Gasteiger partial charge in [-0.05, 0) is 31.0 Å². The van der Waals surface area contributed by atoms with Gasteiger partial charge in [0.05, 0.1) is 10.6 Å². The van der Waals surface area contributed by atoms with Gasteiger partial charge in [-0.1, -0.05) is 25.4 Å². The molecule has 1 saturated heterocycles. The maximum Gasteiger partial charge on any atom is 0.255 e. The average Bonchev–Trinajstić information content (AvgIpc) is 2.49. The first-order valence-corrected chi connectivity index (χ1v) is 9.45. The molecule has 0 saturated carbocycles. The SMILES string of the molecule is CC(C)[C@H](C)Nc1ccc(Cl)c(C(=O)N2CCS(=O)CC2)c1. The summed E-state index contributed by atoms with van der Waals surface area (Å²) in [5.74, 6) is 1.51. The molecule has 4 nitrogen and oxygen atoms in total. The van der Waals surface area contributed by atoms with Crippen LogP contribution in [0.5, 0.6) is 0 Å². The first kappa shape index (κ1) is 17.3. The van der Waals surface area contributed by atoms with Gasteiger partial charge in [0.2, 0.25) is 0 Å². The van der Waals surface area contributed by atoms with Crippen LogP contribution < -0.4 is 5.32 Å². The molecule has 0 bridgehead atoms. The molecule has 1 atom stereocenters. The van der Waals surface area contributed by atoms with E-state index >= 15 is 0 Å². The predicted octanol–water partition coefficient (Wildman–Crippen LogP) is 3.00. The van der Waals surface area contributed by atoms with Crippen LogP contribution in [-0.2, 0) is 10.8 Å². The molecule has 1 aromatic rings. The summed E-state index contributed by atoms with van der Waals surface area (Å²) in [7, 11) is -0.796. The zero-order valence-electron chi connectivity index (χ0n) is 13.3. The summed E-state index contributed by atoms with van der Waals surface area (Å²) in [5.41, 5.74) is 1.41. The van der Waals surface area contributed by atoms with Crippen LogP contribution in [0.2, 0.25) is 5.02 Å². The molecule has 0 spiro atoms. The van der Waals surface area contributed by atoms with Crippen molar-refractivity contribution < 1.29 is 9.00 Å². The molecule has 1 aliphatic rings. The summed E-state index contributed by atoms with van der Waals surface area (Å²) in [4.78, 5) is 14.3. The number of anilines is 1. The third-order valence-corrected chi connectivity index (χ3v) is 5.66. The molecule has 1 heterocycles. The smallest absolute Gasteiger partial charge is 0.255 e.